The first-order valence-corrected chi connectivity index (χ1v) is 12.7. The third kappa shape index (κ3) is 4.72. The van der Waals surface area contributed by atoms with Crippen molar-refractivity contribution in [1.29, 1.82) is 0 Å². The molecule has 0 spiro atoms. The van der Waals surface area contributed by atoms with Crippen LogP contribution in [0.15, 0.2) is 34.2 Å². The zero-order valence-corrected chi connectivity index (χ0v) is 20.2. The van der Waals surface area contributed by atoms with E-state index in [0.29, 0.717) is 23.5 Å². The maximum absolute atomic E-state index is 13.5. The number of aromatic nitrogens is 2. The van der Waals surface area contributed by atoms with E-state index in [1.54, 1.807) is 15.9 Å². The number of amides is 1. The SMILES string of the molecule is Cc1ccccc1NC(=O)CSc1nc2sc3c(c2c(=O)n1CC(C)C)CC[C@@H](C)C3. The summed E-state index contributed by atoms with van der Waals surface area (Å²) in [6.07, 6.45) is 3.11. The second-order valence-electron chi connectivity index (χ2n) is 8.89. The highest BCUT2D eigenvalue weighted by atomic mass is 32.2. The standard InChI is InChI=1S/C24H29N3O2S2/c1-14(2)12-27-23(29)21-17-10-9-15(3)11-19(17)31-22(21)26-24(27)30-13-20(28)25-18-8-6-5-7-16(18)4/h5-8,14-15H,9-13H2,1-4H3,(H,25,28)/t15-/m1/s1. The Labute approximate surface area is 191 Å². The van der Waals surface area contributed by atoms with E-state index < -0.39 is 0 Å². The van der Waals surface area contributed by atoms with Crippen LogP contribution in [0.1, 0.15) is 43.2 Å². The van der Waals surface area contributed by atoms with Crippen LogP contribution < -0.4 is 10.9 Å². The van der Waals surface area contributed by atoms with Crippen LogP contribution >= 0.6 is 23.1 Å². The van der Waals surface area contributed by atoms with Gasteiger partial charge in [0.05, 0.1) is 11.1 Å². The van der Waals surface area contributed by atoms with Crippen LogP contribution in [-0.4, -0.2) is 21.2 Å². The van der Waals surface area contributed by atoms with Gasteiger partial charge in [0.25, 0.3) is 5.56 Å². The Kier molecular flexibility index (Phi) is 6.53. The number of hydrogen-bond acceptors (Lipinski definition) is 5. The van der Waals surface area contributed by atoms with Gasteiger partial charge in [-0.15, -0.1) is 11.3 Å². The maximum Gasteiger partial charge on any atom is 0.263 e. The van der Waals surface area contributed by atoms with Gasteiger partial charge in [0.15, 0.2) is 5.16 Å². The van der Waals surface area contributed by atoms with E-state index in [2.05, 4.69) is 26.1 Å². The zero-order valence-electron chi connectivity index (χ0n) is 18.5. The average molecular weight is 456 g/mol. The Morgan fingerprint density at radius 1 is 1.35 bits per heavy atom. The van der Waals surface area contributed by atoms with E-state index >= 15 is 0 Å². The molecule has 1 atom stereocenters. The molecule has 164 valence electrons. The van der Waals surface area contributed by atoms with Crippen LogP contribution in [0.2, 0.25) is 0 Å². The Hall–Kier alpha value is -2.12. The molecule has 0 aliphatic heterocycles. The fourth-order valence-electron chi connectivity index (χ4n) is 4.07. The molecule has 3 aromatic rings. The highest BCUT2D eigenvalue weighted by Crippen LogP contribution is 2.36. The number of para-hydroxylation sites is 1. The number of nitrogens with one attached hydrogen (secondary N) is 1. The first-order chi connectivity index (χ1) is 14.8. The van der Waals surface area contributed by atoms with Crippen molar-refractivity contribution in [1.82, 2.24) is 9.55 Å². The van der Waals surface area contributed by atoms with Gasteiger partial charge in [-0.05, 0) is 55.2 Å². The topological polar surface area (TPSA) is 64.0 Å². The molecule has 5 nitrogen and oxygen atoms in total. The maximum atomic E-state index is 13.5. The predicted octanol–water partition coefficient (Wildman–Crippen LogP) is 5.28. The highest BCUT2D eigenvalue weighted by molar-refractivity contribution is 7.99. The Balaban J connectivity index is 1.64. The number of thioether (sulfide) groups is 1. The van der Waals surface area contributed by atoms with E-state index in [0.717, 1.165) is 40.7 Å². The summed E-state index contributed by atoms with van der Waals surface area (Å²) >= 11 is 3.00. The van der Waals surface area contributed by atoms with Crippen molar-refractivity contribution in [3.8, 4) is 0 Å². The molecule has 1 N–H and O–H groups in total. The molecule has 0 radical (unpaired) electrons. The molecule has 0 fully saturated rings. The monoisotopic (exact) mass is 455 g/mol. The minimum atomic E-state index is -0.0935. The quantitative estimate of drug-likeness (QED) is 0.406. The first-order valence-electron chi connectivity index (χ1n) is 10.9. The van der Waals surface area contributed by atoms with E-state index in [9.17, 15) is 9.59 Å². The van der Waals surface area contributed by atoms with Crippen molar-refractivity contribution in [3.05, 3.63) is 50.6 Å². The lowest BCUT2D eigenvalue weighted by molar-refractivity contribution is -0.113. The van der Waals surface area contributed by atoms with Gasteiger partial charge in [-0.25, -0.2) is 4.98 Å². The van der Waals surface area contributed by atoms with E-state index in [-0.39, 0.29) is 17.2 Å². The first kappa shape index (κ1) is 22.1. The van der Waals surface area contributed by atoms with Gasteiger partial charge in [0.2, 0.25) is 5.91 Å². The van der Waals surface area contributed by atoms with Crippen LogP contribution in [-0.2, 0) is 24.2 Å². The number of carbonyl (C=O) groups is 1. The van der Waals surface area contributed by atoms with Gasteiger partial charge in [-0.2, -0.15) is 0 Å². The largest absolute Gasteiger partial charge is 0.325 e. The number of carbonyl (C=O) groups excluding carboxylic acids is 1. The molecule has 0 bridgehead atoms. The Morgan fingerprint density at radius 3 is 2.87 bits per heavy atom. The van der Waals surface area contributed by atoms with Crippen LogP contribution in [0.4, 0.5) is 5.69 Å². The van der Waals surface area contributed by atoms with Crippen molar-refractivity contribution >= 4 is 44.9 Å². The third-order valence-electron chi connectivity index (χ3n) is 5.68. The lowest BCUT2D eigenvalue weighted by Crippen LogP contribution is -2.26. The summed E-state index contributed by atoms with van der Waals surface area (Å²) in [6, 6.07) is 7.72. The summed E-state index contributed by atoms with van der Waals surface area (Å²) in [6.45, 7) is 9.04. The van der Waals surface area contributed by atoms with Gasteiger partial charge >= 0.3 is 0 Å². The number of fused-ring (bicyclic) bond motifs is 3. The van der Waals surface area contributed by atoms with Gasteiger partial charge in [-0.3, -0.25) is 14.2 Å². The minimum absolute atomic E-state index is 0.0487. The minimum Gasteiger partial charge on any atom is -0.325 e. The fraction of sp³-hybridized carbons (Fsp3) is 0.458. The van der Waals surface area contributed by atoms with Crippen molar-refractivity contribution in [2.24, 2.45) is 11.8 Å². The van der Waals surface area contributed by atoms with Crippen molar-refractivity contribution in [2.75, 3.05) is 11.1 Å². The number of nitrogens with zero attached hydrogens (tertiary/aromatic N) is 2. The molecule has 1 aliphatic carbocycles. The van der Waals surface area contributed by atoms with Gasteiger partial charge in [0.1, 0.15) is 4.83 Å². The van der Waals surface area contributed by atoms with E-state index in [1.807, 2.05) is 31.2 Å². The Bertz CT molecular complexity index is 1180. The molecule has 1 aliphatic rings. The van der Waals surface area contributed by atoms with Crippen LogP contribution in [0, 0.1) is 18.8 Å². The second-order valence-corrected chi connectivity index (χ2v) is 10.9. The molecule has 2 aromatic heterocycles. The van der Waals surface area contributed by atoms with Gasteiger partial charge in [0, 0.05) is 17.1 Å². The van der Waals surface area contributed by atoms with E-state index in [1.165, 1.54) is 22.2 Å². The average Bonchev–Trinajstić information content (AvgIpc) is 3.07. The normalized spacial score (nSPS) is 16.0. The number of anilines is 1. The molecule has 7 heteroatoms. The number of benzene rings is 1. The smallest absolute Gasteiger partial charge is 0.263 e. The molecule has 4 rings (SSSR count). The molecular formula is C24H29N3O2S2. The van der Waals surface area contributed by atoms with E-state index in [4.69, 9.17) is 4.98 Å². The summed E-state index contributed by atoms with van der Waals surface area (Å²) in [4.78, 5) is 33.1. The van der Waals surface area contributed by atoms with Crippen LogP contribution in [0.3, 0.4) is 0 Å². The molecule has 0 unspecified atom stereocenters. The second kappa shape index (κ2) is 9.17. The molecular weight excluding hydrogens is 426 g/mol. The van der Waals surface area contributed by atoms with Gasteiger partial charge in [-0.1, -0.05) is 50.7 Å². The number of aryl methyl sites for hydroxylation is 2. The third-order valence-corrected chi connectivity index (χ3v) is 7.80. The van der Waals surface area contributed by atoms with Crippen molar-refractivity contribution in [2.45, 2.75) is 58.7 Å². The molecule has 0 saturated heterocycles. The lowest BCUT2D eigenvalue weighted by atomic mass is 9.89. The molecule has 1 aromatic carbocycles. The molecule has 31 heavy (non-hydrogen) atoms. The summed E-state index contributed by atoms with van der Waals surface area (Å²) in [5.41, 5.74) is 3.10. The van der Waals surface area contributed by atoms with Crippen molar-refractivity contribution < 1.29 is 4.79 Å². The zero-order chi connectivity index (χ0) is 22.1. The molecule has 1 amide bonds. The number of thiophene rings is 1. The summed E-state index contributed by atoms with van der Waals surface area (Å²) in [5, 5.41) is 4.41. The van der Waals surface area contributed by atoms with Crippen molar-refractivity contribution in [3.63, 3.8) is 0 Å². The summed E-state index contributed by atoms with van der Waals surface area (Å²) in [5.74, 6) is 1.08. The van der Waals surface area contributed by atoms with Crippen LogP contribution in [0.5, 0.6) is 0 Å². The van der Waals surface area contributed by atoms with Crippen LogP contribution in [0.25, 0.3) is 10.2 Å². The number of rotatable bonds is 6. The summed E-state index contributed by atoms with van der Waals surface area (Å²) in [7, 11) is 0. The predicted molar refractivity (Wildman–Crippen MR) is 130 cm³/mol. The lowest BCUT2D eigenvalue weighted by Gasteiger charge is -2.18. The Morgan fingerprint density at radius 2 is 2.13 bits per heavy atom. The fourth-order valence-corrected chi connectivity index (χ4v) is 6.30. The molecule has 2 heterocycles. The highest BCUT2D eigenvalue weighted by Gasteiger charge is 2.25. The van der Waals surface area contributed by atoms with Gasteiger partial charge < -0.3 is 5.32 Å². The summed E-state index contributed by atoms with van der Waals surface area (Å²) < 4.78 is 1.78. The number of hydrogen-bond donors (Lipinski definition) is 1. The molecule has 0 saturated carbocycles.